The van der Waals surface area contributed by atoms with E-state index in [-0.39, 0.29) is 0 Å². The SMILES string of the molecule is Cc1nc2ccccc2n1-c1ccc(-c2c3ccccc3c(-c3cc(-c4ccccc4)ccc3-c3ccccc3)c3ccccc23)cc1. The van der Waals surface area contributed by atoms with Crippen LogP contribution in [0.1, 0.15) is 5.82 Å². The van der Waals surface area contributed by atoms with E-state index in [1.165, 1.54) is 66.1 Å². The molecule has 9 aromatic rings. The molecule has 1 heterocycles. The molecule has 0 amide bonds. The third kappa shape index (κ3) is 4.61. The van der Waals surface area contributed by atoms with Gasteiger partial charge < -0.3 is 0 Å². The van der Waals surface area contributed by atoms with Crippen LogP contribution in [-0.4, -0.2) is 9.55 Å². The highest BCUT2D eigenvalue weighted by Crippen LogP contribution is 2.47. The van der Waals surface area contributed by atoms with Crippen LogP contribution < -0.4 is 0 Å². The molecule has 0 radical (unpaired) electrons. The number of imidazole rings is 1. The van der Waals surface area contributed by atoms with Gasteiger partial charge >= 0.3 is 0 Å². The Labute approximate surface area is 280 Å². The van der Waals surface area contributed by atoms with Gasteiger partial charge in [-0.25, -0.2) is 4.98 Å². The maximum absolute atomic E-state index is 4.81. The first kappa shape index (κ1) is 28.0. The Kier molecular flexibility index (Phi) is 6.72. The molecule has 2 heteroatoms. The van der Waals surface area contributed by atoms with Crippen molar-refractivity contribution in [2.45, 2.75) is 6.92 Å². The summed E-state index contributed by atoms with van der Waals surface area (Å²) < 4.78 is 2.24. The third-order valence-electron chi connectivity index (χ3n) is 9.55. The van der Waals surface area contributed by atoms with Gasteiger partial charge in [0.1, 0.15) is 5.82 Å². The molecule has 0 saturated carbocycles. The van der Waals surface area contributed by atoms with E-state index in [0.29, 0.717) is 0 Å². The fraction of sp³-hybridized carbons (Fsp3) is 0.0217. The van der Waals surface area contributed by atoms with Crippen LogP contribution in [0.3, 0.4) is 0 Å². The molecule has 9 rings (SSSR count). The Morgan fingerprint density at radius 2 is 0.917 bits per heavy atom. The largest absolute Gasteiger partial charge is 0.297 e. The van der Waals surface area contributed by atoms with E-state index >= 15 is 0 Å². The Morgan fingerprint density at radius 1 is 0.396 bits per heavy atom. The van der Waals surface area contributed by atoms with Gasteiger partial charge in [0, 0.05) is 5.69 Å². The molecule has 1 aromatic heterocycles. The van der Waals surface area contributed by atoms with Gasteiger partial charge in [0.25, 0.3) is 0 Å². The molecule has 0 unspecified atom stereocenters. The molecule has 0 bridgehead atoms. The van der Waals surface area contributed by atoms with Gasteiger partial charge in [-0.15, -0.1) is 0 Å². The molecule has 0 aliphatic carbocycles. The smallest absolute Gasteiger partial charge is 0.111 e. The van der Waals surface area contributed by atoms with Crippen LogP contribution in [0.4, 0.5) is 0 Å². The summed E-state index contributed by atoms with van der Waals surface area (Å²) in [6.07, 6.45) is 0. The van der Waals surface area contributed by atoms with Gasteiger partial charge in [-0.2, -0.15) is 0 Å². The Bertz CT molecular complexity index is 2540. The molecule has 0 N–H and O–H groups in total. The van der Waals surface area contributed by atoms with Gasteiger partial charge in [-0.1, -0.05) is 146 Å². The van der Waals surface area contributed by atoms with E-state index in [1.54, 1.807) is 0 Å². The Morgan fingerprint density at radius 3 is 1.56 bits per heavy atom. The average molecular weight is 613 g/mol. The summed E-state index contributed by atoms with van der Waals surface area (Å²) in [6.45, 7) is 2.07. The monoisotopic (exact) mass is 612 g/mol. The normalized spacial score (nSPS) is 11.4. The summed E-state index contributed by atoms with van der Waals surface area (Å²) in [5, 5.41) is 4.97. The number of nitrogens with zero attached hydrogens (tertiary/aromatic N) is 2. The van der Waals surface area contributed by atoms with Crippen molar-refractivity contribution in [3.63, 3.8) is 0 Å². The summed E-state index contributed by atoms with van der Waals surface area (Å²) in [7, 11) is 0. The van der Waals surface area contributed by atoms with Crippen LogP contribution >= 0.6 is 0 Å². The molecule has 0 aliphatic rings. The van der Waals surface area contributed by atoms with Crippen molar-refractivity contribution in [3.05, 3.63) is 182 Å². The van der Waals surface area contributed by atoms with E-state index in [9.17, 15) is 0 Å². The van der Waals surface area contributed by atoms with Crippen LogP contribution in [0.25, 0.3) is 82.8 Å². The topological polar surface area (TPSA) is 17.8 Å². The second kappa shape index (κ2) is 11.5. The van der Waals surface area contributed by atoms with Crippen LogP contribution in [0.2, 0.25) is 0 Å². The predicted molar refractivity (Wildman–Crippen MR) is 203 cm³/mol. The van der Waals surface area contributed by atoms with Crippen molar-refractivity contribution in [1.29, 1.82) is 0 Å². The van der Waals surface area contributed by atoms with Crippen molar-refractivity contribution >= 4 is 32.6 Å². The first-order valence-electron chi connectivity index (χ1n) is 16.5. The van der Waals surface area contributed by atoms with E-state index < -0.39 is 0 Å². The second-order valence-electron chi connectivity index (χ2n) is 12.4. The first-order valence-corrected chi connectivity index (χ1v) is 16.5. The minimum Gasteiger partial charge on any atom is -0.297 e. The van der Waals surface area contributed by atoms with Gasteiger partial charge in [0.2, 0.25) is 0 Å². The molecule has 0 fully saturated rings. The Balaban J connectivity index is 1.30. The van der Waals surface area contributed by atoms with Gasteiger partial charge in [-0.3, -0.25) is 4.57 Å². The molecule has 0 saturated heterocycles. The van der Waals surface area contributed by atoms with Crippen LogP contribution in [0.15, 0.2) is 176 Å². The Hall–Kier alpha value is -6.25. The first-order chi connectivity index (χ1) is 23.7. The summed E-state index contributed by atoms with van der Waals surface area (Å²) in [5.41, 5.74) is 13.1. The summed E-state index contributed by atoms with van der Waals surface area (Å²) in [6, 6.07) is 63.5. The number of aryl methyl sites for hydroxylation is 1. The molecule has 0 aliphatic heterocycles. The molecule has 48 heavy (non-hydrogen) atoms. The quantitative estimate of drug-likeness (QED) is 0.177. The van der Waals surface area contributed by atoms with Crippen molar-refractivity contribution in [1.82, 2.24) is 9.55 Å². The number of para-hydroxylation sites is 2. The minimum atomic E-state index is 0.983. The average Bonchev–Trinajstić information content (AvgIpc) is 3.50. The zero-order valence-electron chi connectivity index (χ0n) is 26.6. The third-order valence-corrected chi connectivity index (χ3v) is 9.55. The van der Waals surface area contributed by atoms with Crippen molar-refractivity contribution in [2.75, 3.05) is 0 Å². The summed E-state index contributed by atoms with van der Waals surface area (Å²) in [5.74, 6) is 0.983. The van der Waals surface area contributed by atoms with Crippen LogP contribution in [-0.2, 0) is 0 Å². The molecule has 0 atom stereocenters. The van der Waals surface area contributed by atoms with E-state index in [1.807, 2.05) is 6.07 Å². The number of aromatic nitrogens is 2. The van der Waals surface area contributed by atoms with E-state index in [2.05, 4.69) is 181 Å². The zero-order chi connectivity index (χ0) is 32.0. The lowest BCUT2D eigenvalue weighted by Crippen LogP contribution is -1.97. The predicted octanol–water partition coefficient (Wildman–Crippen LogP) is 12.3. The fourth-order valence-electron chi connectivity index (χ4n) is 7.41. The van der Waals surface area contributed by atoms with E-state index in [0.717, 1.165) is 22.5 Å². The molecule has 8 aromatic carbocycles. The van der Waals surface area contributed by atoms with E-state index in [4.69, 9.17) is 4.98 Å². The molecular weight excluding hydrogens is 581 g/mol. The van der Waals surface area contributed by atoms with Crippen molar-refractivity contribution in [3.8, 4) is 50.2 Å². The maximum Gasteiger partial charge on any atom is 0.111 e. The number of fused-ring (bicyclic) bond motifs is 3. The van der Waals surface area contributed by atoms with Gasteiger partial charge in [0.15, 0.2) is 0 Å². The second-order valence-corrected chi connectivity index (χ2v) is 12.4. The lowest BCUT2D eigenvalue weighted by Gasteiger charge is -2.20. The maximum atomic E-state index is 4.81. The lowest BCUT2D eigenvalue weighted by molar-refractivity contribution is 1.00. The molecule has 0 spiro atoms. The van der Waals surface area contributed by atoms with Crippen molar-refractivity contribution < 1.29 is 0 Å². The standard InChI is InChI=1S/C46H32N2/c1-31-47-43-22-12-13-23-44(43)48(31)36-27-24-34(25-28-36)45-38-18-8-10-20-40(38)46(41-21-11-9-19-39(41)45)42-30-35(32-14-4-2-5-15-32)26-29-37(42)33-16-6-3-7-17-33/h2-30H,1H3. The highest BCUT2D eigenvalue weighted by atomic mass is 15.1. The fourth-order valence-corrected chi connectivity index (χ4v) is 7.41. The number of hydrogen-bond donors (Lipinski definition) is 0. The van der Waals surface area contributed by atoms with Crippen LogP contribution in [0, 0.1) is 6.92 Å². The molecular formula is C46H32N2. The number of benzene rings is 8. The van der Waals surface area contributed by atoms with Gasteiger partial charge in [-0.05, 0) is 103 Å². The summed E-state index contributed by atoms with van der Waals surface area (Å²) >= 11 is 0. The number of hydrogen-bond acceptors (Lipinski definition) is 1. The molecule has 226 valence electrons. The summed E-state index contributed by atoms with van der Waals surface area (Å²) in [4.78, 5) is 4.81. The minimum absolute atomic E-state index is 0.983. The number of rotatable bonds is 5. The van der Waals surface area contributed by atoms with Gasteiger partial charge in [0.05, 0.1) is 11.0 Å². The highest BCUT2D eigenvalue weighted by Gasteiger charge is 2.20. The highest BCUT2D eigenvalue weighted by molar-refractivity contribution is 6.22. The molecule has 2 nitrogen and oxygen atoms in total. The van der Waals surface area contributed by atoms with Crippen LogP contribution in [0.5, 0.6) is 0 Å². The zero-order valence-corrected chi connectivity index (χ0v) is 26.6. The lowest BCUT2D eigenvalue weighted by atomic mass is 9.83. The van der Waals surface area contributed by atoms with Crippen molar-refractivity contribution in [2.24, 2.45) is 0 Å².